The van der Waals surface area contributed by atoms with E-state index < -0.39 is 20.0 Å². The van der Waals surface area contributed by atoms with Gasteiger partial charge in [0.25, 0.3) is 10.0 Å². The smallest absolute Gasteiger partial charge is 0.265 e. The van der Waals surface area contributed by atoms with Gasteiger partial charge >= 0.3 is 0 Å². The molecule has 1 aliphatic rings. The van der Waals surface area contributed by atoms with E-state index in [4.69, 9.17) is 9.47 Å². The van der Waals surface area contributed by atoms with E-state index in [1.807, 2.05) is 6.92 Å². The zero-order valence-electron chi connectivity index (χ0n) is 16.3. The van der Waals surface area contributed by atoms with Crippen LogP contribution in [0.4, 0.5) is 11.4 Å². The number of nitrogens with zero attached hydrogens (tertiary/aromatic N) is 1. The highest BCUT2D eigenvalue weighted by Crippen LogP contribution is 2.33. The summed E-state index contributed by atoms with van der Waals surface area (Å²) >= 11 is 0. The number of hydrogen-bond donors (Lipinski definition) is 1. The molecule has 2 aromatic carbocycles. The second-order valence-corrected chi connectivity index (χ2v) is 10.2. The summed E-state index contributed by atoms with van der Waals surface area (Å²) in [7, 11) is -6.12. The molecule has 1 heterocycles. The number of anilines is 2. The molecule has 10 heteroatoms. The summed E-state index contributed by atoms with van der Waals surface area (Å²) in [6.45, 7) is 2.69. The van der Waals surface area contributed by atoms with E-state index in [-0.39, 0.29) is 16.4 Å². The fraction of sp³-hybridized carbons (Fsp3) is 0.368. The zero-order chi connectivity index (χ0) is 21.1. The molecular formula is C19H24N2O6S2. The number of sulfonamides is 2. The first-order chi connectivity index (χ1) is 13.8. The highest BCUT2D eigenvalue weighted by molar-refractivity contribution is 7.93. The van der Waals surface area contributed by atoms with Gasteiger partial charge in [-0.15, -0.1) is 0 Å². The average molecular weight is 441 g/mol. The van der Waals surface area contributed by atoms with Gasteiger partial charge in [-0.05, 0) is 62.2 Å². The van der Waals surface area contributed by atoms with E-state index in [2.05, 4.69) is 4.72 Å². The molecule has 0 saturated carbocycles. The Morgan fingerprint density at radius 1 is 1.10 bits per heavy atom. The predicted octanol–water partition coefficient (Wildman–Crippen LogP) is 2.82. The maximum Gasteiger partial charge on any atom is 0.265 e. The second-order valence-electron chi connectivity index (χ2n) is 6.49. The molecule has 3 rings (SSSR count). The van der Waals surface area contributed by atoms with E-state index >= 15 is 0 Å². The maximum absolute atomic E-state index is 13.0. The van der Waals surface area contributed by atoms with Crippen LogP contribution in [0.2, 0.25) is 0 Å². The van der Waals surface area contributed by atoms with Crippen molar-refractivity contribution in [1.82, 2.24) is 0 Å². The molecule has 8 nitrogen and oxygen atoms in total. The first kappa shape index (κ1) is 21.3. The second kappa shape index (κ2) is 8.50. The fourth-order valence-corrected chi connectivity index (χ4v) is 5.99. The van der Waals surface area contributed by atoms with Gasteiger partial charge in [0.05, 0.1) is 25.2 Å². The summed E-state index contributed by atoms with van der Waals surface area (Å²) in [4.78, 5) is -0.132. The van der Waals surface area contributed by atoms with E-state index in [1.54, 1.807) is 30.3 Å². The van der Waals surface area contributed by atoms with Crippen LogP contribution in [0.25, 0.3) is 0 Å². The van der Waals surface area contributed by atoms with Crippen molar-refractivity contribution < 1.29 is 26.3 Å². The number of methoxy groups -OCH3 is 1. The zero-order valence-corrected chi connectivity index (χ0v) is 17.9. The molecule has 0 amide bonds. The number of benzene rings is 2. The maximum atomic E-state index is 13.0. The van der Waals surface area contributed by atoms with E-state index in [1.165, 1.54) is 23.5 Å². The standard InChI is InChI=1S/C19H24N2O6S2/c1-3-27-17-9-6-15(7-10-17)20-29(24,25)19-14-16(8-11-18(19)26-2)21-12-4-5-13-28(21,22)23/h6-11,14,20H,3-5,12-13H2,1-2H3. The number of nitrogens with one attached hydrogen (secondary N) is 1. The van der Waals surface area contributed by atoms with Crippen molar-refractivity contribution in [2.75, 3.05) is 35.0 Å². The van der Waals surface area contributed by atoms with Crippen molar-refractivity contribution >= 4 is 31.4 Å². The Morgan fingerprint density at radius 2 is 1.83 bits per heavy atom. The van der Waals surface area contributed by atoms with Gasteiger partial charge in [-0.3, -0.25) is 9.03 Å². The molecule has 0 radical (unpaired) electrons. The lowest BCUT2D eigenvalue weighted by Gasteiger charge is -2.28. The molecular weight excluding hydrogens is 416 g/mol. The van der Waals surface area contributed by atoms with Crippen LogP contribution in [0.15, 0.2) is 47.4 Å². The first-order valence-electron chi connectivity index (χ1n) is 9.21. The topological polar surface area (TPSA) is 102 Å². The van der Waals surface area contributed by atoms with Crippen molar-refractivity contribution in [3.8, 4) is 11.5 Å². The molecule has 1 fully saturated rings. The number of hydrogen-bond acceptors (Lipinski definition) is 6. The molecule has 1 N–H and O–H groups in total. The van der Waals surface area contributed by atoms with Gasteiger partial charge in [0, 0.05) is 12.2 Å². The minimum atomic E-state index is -4.02. The molecule has 29 heavy (non-hydrogen) atoms. The van der Waals surface area contributed by atoms with Crippen LogP contribution in [-0.2, 0) is 20.0 Å². The first-order valence-corrected chi connectivity index (χ1v) is 12.3. The monoisotopic (exact) mass is 440 g/mol. The van der Waals surface area contributed by atoms with E-state index in [9.17, 15) is 16.8 Å². The molecule has 2 aromatic rings. The summed E-state index contributed by atoms with van der Waals surface area (Å²) in [5, 5.41) is 0. The Kier molecular flexibility index (Phi) is 6.23. The fourth-order valence-electron chi connectivity index (χ4n) is 3.11. The van der Waals surface area contributed by atoms with E-state index in [0.717, 1.165) is 6.42 Å². The summed E-state index contributed by atoms with van der Waals surface area (Å²) in [6, 6.07) is 10.9. The highest BCUT2D eigenvalue weighted by atomic mass is 32.2. The molecule has 1 saturated heterocycles. The van der Waals surface area contributed by atoms with Crippen molar-refractivity contribution in [3.63, 3.8) is 0 Å². The van der Waals surface area contributed by atoms with Crippen LogP contribution in [0.1, 0.15) is 19.8 Å². The van der Waals surface area contributed by atoms with Crippen LogP contribution in [0, 0.1) is 0 Å². The third-order valence-electron chi connectivity index (χ3n) is 4.49. The normalized spacial score (nSPS) is 16.3. The third-order valence-corrected chi connectivity index (χ3v) is 7.76. The quantitative estimate of drug-likeness (QED) is 0.710. The Morgan fingerprint density at radius 3 is 2.45 bits per heavy atom. The predicted molar refractivity (Wildman–Crippen MR) is 112 cm³/mol. The Labute approximate surface area is 171 Å². The minimum Gasteiger partial charge on any atom is -0.495 e. The van der Waals surface area contributed by atoms with Crippen LogP contribution >= 0.6 is 0 Å². The minimum absolute atomic E-state index is 0.0472. The van der Waals surface area contributed by atoms with Gasteiger partial charge in [0.2, 0.25) is 10.0 Å². The van der Waals surface area contributed by atoms with Gasteiger partial charge in [0.1, 0.15) is 16.4 Å². The molecule has 0 spiro atoms. The van der Waals surface area contributed by atoms with Crippen LogP contribution in [0.5, 0.6) is 11.5 Å². The average Bonchev–Trinajstić information content (AvgIpc) is 2.69. The molecule has 0 aliphatic carbocycles. The molecule has 0 aromatic heterocycles. The van der Waals surface area contributed by atoms with Gasteiger partial charge in [-0.2, -0.15) is 0 Å². The van der Waals surface area contributed by atoms with Crippen LogP contribution < -0.4 is 18.5 Å². The third kappa shape index (κ3) is 4.76. The number of rotatable bonds is 7. The Balaban J connectivity index is 1.95. The van der Waals surface area contributed by atoms with Crippen LogP contribution in [0.3, 0.4) is 0 Å². The van der Waals surface area contributed by atoms with E-state index in [0.29, 0.717) is 36.7 Å². The molecule has 158 valence electrons. The lowest BCUT2D eigenvalue weighted by Crippen LogP contribution is -2.37. The Bertz CT molecular complexity index is 1070. The van der Waals surface area contributed by atoms with Gasteiger partial charge in [-0.25, -0.2) is 16.8 Å². The van der Waals surface area contributed by atoms with Gasteiger partial charge < -0.3 is 9.47 Å². The summed E-state index contributed by atoms with van der Waals surface area (Å²) < 4.78 is 65.1. The van der Waals surface area contributed by atoms with Crippen molar-refractivity contribution in [2.24, 2.45) is 0 Å². The SMILES string of the molecule is CCOc1ccc(NS(=O)(=O)c2cc(N3CCCCS3(=O)=O)ccc2OC)cc1. The molecule has 0 atom stereocenters. The molecule has 1 aliphatic heterocycles. The summed E-state index contributed by atoms with van der Waals surface area (Å²) in [5.41, 5.74) is 0.657. The van der Waals surface area contributed by atoms with Crippen molar-refractivity contribution in [2.45, 2.75) is 24.7 Å². The lowest BCUT2D eigenvalue weighted by molar-refractivity contribution is 0.340. The van der Waals surface area contributed by atoms with Crippen molar-refractivity contribution in [3.05, 3.63) is 42.5 Å². The summed E-state index contributed by atoms with van der Waals surface area (Å²) in [5.74, 6) is 0.804. The highest BCUT2D eigenvalue weighted by Gasteiger charge is 2.28. The number of ether oxygens (including phenoxy) is 2. The molecule has 0 bridgehead atoms. The molecule has 0 unspecified atom stereocenters. The van der Waals surface area contributed by atoms with Gasteiger partial charge in [-0.1, -0.05) is 0 Å². The Hall–Kier alpha value is -2.46. The van der Waals surface area contributed by atoms with Crippen molar-refractivity contribution in [1.29, 1.82) is 0 Å². The van der Waals surface area contributed by atoms with Crippen LogP contribution in [-0.4, -0.2) is 42.8 Å². The largest absolute Gasteiger partial charge is 0.495 e. The lowest BCUT2D eigenvalue weighted by atomic mass is 10.2. The summed E-state index contributed by atoms with van der Waals surface area (Å²) in [6.07, 6.45) is 1.32. The van der Waals surface area contributed by atoms with Gasteiger partial charge in [0.15, 0.2) is 0 Å².